The van der Waals surface area contributed by atoms with Gasteiger partial charge in [-0.05, 0) is 56.7 Å². The number of nitrogens with zero attached hydrogens (tertiary/aromatic N) is 1. The lowest BCUT2D eigenvalue weighted by Crippen LogP contribution is -2.47. The Bertz CT molecular complexity index is 1320. The fraction of sp³-hybridized carbons (Fsp3) is 0.484. The molecule has 1 fully saturated rings. The number of halogens is 1. The van der Waals surface area contributed by atoms with Crippen LogP contribution in [0.15, 0.2) is 47.0 Å². The van der Waals surface area contributed by atoms with Crippen LogP contribution < -0.4 is 16.0 Å². The molecule has 1 unspecified atom stereocenters. The van der Waals surface area contributed by atoms with E-state index in [4.69, 9.17) is 9.26 Å². The molecule has 1 aromatic carbocycles. The van der Waals surface area contributed by atoms with Gasteiger partial charge in [-0.1, -0.05) is 37.2 Å². The molecule has 0 aliphatic carbocycles. The maximum absolute atomic E-state index is 13.7. The fourth-order valence-corrected chi connectivity index (χ4v) is 4.89. The van der Waals surface area contributed by atoms with Gasteiger partial charge in [0.25, 0.3) is 5.91 Å². The van der Waals surface area contributed by atoms with Crippen molar-refractivity contribution in [2.45, 2.75) is 65.5 Å². The van der Waals surface area contributed by atoms with Gasteiger partial charge in [-0.2, -0.15) is 0 Å². The molecule has 3 N–H and O–H groups in total. The Labute approximate surface area is 250 Å². The van der Waals surface area contributed by atoms with Gasteiger partial charge in [0.2, 0.25) is 11.8 Å². The molecule has 1 aromatic heterocycles. The van der Waals surface area contributed by atoms with Crippen LogP contribution in [0.5, 0.6) is 0 Å². The average molecular weight is 599 g/mol. The van der Waals surface area contributed by atoms with Gasteiger partial charge in [-0.25, -0.2) is 9.18 Å². The SMILES string of the molecule is CCOC(=O)/C=C/C(C[C@@H]1CCNC1=O)NC(=O)[C@@H](CC(=O)[C@@H](NC(=O)c1cc(C)on1)C(C)C)Cc1ccc(F)cc1. The summed E-state index contributed by atoms with van der Waals surface area (Å²) in [7, 11) is 0. The lowest BCUT2D eigenvalue weighted by molar-refractivity contribution is -0.137. The predicted octanol–water partition coefficient (Wildman–Crippen LogP) is 2.82. The Morgan fingerprint density at radius 1 is 1.19 bits per heavy atom. The highest BCUT2D eigenvalue weighted by atomic mass is 19.1. The van der Waals surface area contributed by atoms with E-state index in [2.05, 4.69) is 21.1 Å². The quantitative estimate of drug-likeness (QED) is 0.209. The van der Waals surface area contributed by atoms with Crippen LogP contribution in [0.1, 0.15) is 61.8 Å². The van der Waals surface area contributed by atoms with E-state index < -0.39 is 41.6 Å². The van der Waals surface area contributed by atoms with Crippen molar-refractivity contribution in [3.63, 3.8) is 0 Å². The smallest absolute Gasteiger partial charge is 0.330 e. The normalized spacial score (nSPS) is 16.9. The molecule has 3 amide bonds. The van der Waals surface area contributed by atoms with E-state index in [9.17, 15) is 28.4 Å². The summed E-state index contributed by atoms with van der Waals surface area (Å²) in [5.74, 6) is -3.75. The Balaban J connectivity index is 1.82. The van der Waals surface area contributed by atoms with E-state index in [1.807, 2.05) is 0 Å². The zero-order valence-electron chi connectivity index (χ0n) is 24.9. The van der Waals surface area contributed by atoms with Crippen molar-refractivity contribution in [1.29, 1.82) is 0 Å². The van der Waals surface area contributed by atoms with Gasteiger partial charge in [-0.3, -0.25) is 19.2 Å². The highest BCUT2D eigenvalue weighted by molar-refractivity contribution is 5.97. The summed E-state index contributed by atoms with van der Waals surface area (Å²) < 4.78 is 23.5. The number of aromatic nitrogens is 1. The van der Waals surface area contributed by atoms with Gasteiger partial charge in [0.15, 0.2) is 11.5 Å². The summed E-state index contributed by atoms with van der Waals surface area (Å²) in [6.07, 6.45) is 3.38. The minimum atomic E-state index is -0.922. The summed E-state index contributed by atoms with van der Waals surface area (Å²) in [5.41, 5.74) is 0.662. The van der Waals surface area contributed by atoms with Crippen molar-refractivity contribution in [2.75, 3.05) is 13.2 Å². The summed E-state index contributed by atoms with van der Waals surface area (Å²) >= 11 is 0. The van der Waals surface area contributed by atoms with Crippen molar-refractivity contribution in [3.05, 3.63) is 65.3 Å². The first-order valence-electron chi connectivity index (χ1n) is 14.4. The van der Waals surface area contributed by atoms with Gasteiger partial charge in [-0.15, -0.1) is 0 Å². The molecule has 2 aromatic rings. The van der Waals surface area contributed by atoms with Crippen LogP contribution in [0.2, 0.25) is 0 Å². The number of ether oxygens (including phenoxy) is 1. The van der Waals surface area contributed by atoms with Crippen molar-refractivity contribution < 1.29 is 37.6 Å². The first-order chi connectivity index (χ1) is 20.5. The van der Waals surface area contributed by atoms with Crippen molar-refractivity contribution in [1.82, 2.24) is 21.1 Å². The van der Waals surface area contributed by atoms with E-state index in [-0.39, 0.29) is 55.1 Å². The van der Waals surface area contributed by atoms with E-state index in [1.165, 1.54) is 42.5 Å². The molecule has 11 nitrogen and oxygen atoms in total. The van der Waals surface area contributed by atoms with E-state index in [0.717, 1.165) is 0 Å². The van der Waals surface area contributed by atoms with Crippen LogP contribution in [0, 0.1) is 30.5 Å². The summed E-state index contributed by atoms with van der Waals surface area (Å²) in [5, 5.41) is 12.1. The van der Waals surface area contributed by atoms with Crippen LogP contribution in [0.4, 0.5) is 4.39 Å². The van der Waals surface area contributed by atoms with Crippen LogP contribution in [0.3, 0.4) is 0 Å². The maximum atomic E-state index is 13.7. The van der Waals surface area contributed by atoms with Crippen molar-refractivity contribution >= 4 is 29.5 Å². The molecule has 0 spiro atoms. The van der Waals surface area contributed by atoms with Gasteiger partial charge < -0.3 is 25.2 Å². The van der Waals surface area contributed by atoms with E-state index in [1.54, 1.807) is 27.7 Å². The number of aryl methyl sites for hydroxylation is 1. The number of hydrogen-bond acceptors (Lipinski definition) is 8. The maximum Gasteiger partial charge on any atom is 0.330 e. The highest BCUT2D eigenvalue weighted by Gasteiger charge is 2.32. The number of Topliss-reactive ketones (excluding diaryl/α,β-unsaturated/α-hetero) is 1. The number of rotatable bonds is 15. The number of hydrogen-bond donors (Lipinski definition) is 3. The molecular weight excluding hydrogens is 559 g/mol. The second kappa shape index (κ2) is 15.8. The molecule has 12 heteroatoms. The molecule has 4 atom stereocenters. The minimum absolute atomic E-state index is 0.0312. The lowest BCUT2D eigenvalue weighted by atomic mass is 9.87. The van der Waals surface area contributed by atoms with Crippen LogP contribution >= 0.6 is 0 Å². The van der Waals surface area contributed by atoms with Crippen LogP contribution in [-0.2, 0) is 30.3 Å². The molecule has 1 saturated heterocycles. The Morgan fingerprint density at radius 2 is 1.91 bits per heavy atom. The fourth-order valence-electron chi connectivity index (χ4n) is 4.89. The van der Waals surface area contributed by atoms with Crippen molar-refractivity contribution in [3.8, 4) is 0 Å². The molecule has 43 heavy (non-hydrogen) atoms. The number of carbonyl (C=O) groups excluding carboxylic acids is 5. The third kappa shape index (κ3) is 10.2. The monoisotopic (exact) mass is 598 g/mol. The first kappa shape index (κ1) is 33.2. The molecule has 1 aliphatic heterocycles. The molecule has 0 bridgehead atoms. The number of carbonyl (C=O) groups is 5. The highest BCUT2D eigenvalue weighted by Crippen LogP contribution is 2.21. The number of ketones is 1. The molecular formula is C31H39FN4O7. The molecule has 232 valence electrons. The Hall–Kier alpha value is -4.35. The predicted molar refractivity (Wildman–Crippen MR) is 154 cm³/mol. The molecule has 2 heterocycles. The van der Waals surface area contributed by atoms with E-state index >= 15 is 0 Å². The van der Waals surface area contributed by atoms with Gasteiger partial charge in [0.1, 0.15) is 11.6 Å². The van der Waals surface area contributed by atoms with Gasteiger partial charge in [0, 0.05) is 43.0 Å². The topological polar surface area (TPSA) is 157 Å². The molecule has 3 rings (SSSR count). The number of amides is 3. The Kier molecular flexibility index (Phi) is 12.2. The number of esters is 1. The Morgan fingerprint density at radius 3 is 2.49 bits per heavy atom. The van der Waals surface area contributed by atoms with Gasteiger partial charge in [0.05, 0.1) is 12.6 Å². The molecule has 0 radical (unpaired) electrons. The number of benzene rings is 1. The second-order valence-electron chi connectivity index (χ2n) is 11.0. The summed E-state index contributed by atoms with van der Waals surface area (Å²) in [4.78, 5) is 64.3. The largest absolute Gasteiger partial charge is 0.463 e. The average Bonchev–Trinajstić information content (AvgIpc) is 3.58. The van der Waals surface area contributed by atoms with Crippen LogP contribution in [0.25, 0.3) is 0 Å². The number of nitrogens with one attached hydrogen (secondary N) is 3. The zero-order chi connectivity index (χ0) is 31.5. The third-order valence-corrected chi connectivity index (χ3v) is 7.15. The second-order valence-corrected chi connectivity index (χ2v) is 11.0. The van der Waals surface area contributed by atoms with Gasteiger partial charge >= 0.3 is 5.97 Å². The minimum Gasteiger partial charge on any atom is -0.463 e. The molecule has 1 aliphatic rings. The van der Waals surface area contributed by atoms with Crippen LogP contribution in [-0.4, -0.2) is 59.9 Å². The lowest BCUT2D eigenvalue weighted by Gasteiger charge is -2.25. The standard InChI is InChI=1S/C31H39FN4O7/c1-5-42-27(38)11-10-24(16-21-12-13-33-29(21)39)34-30(40)22(15-20-6-8-23(32)9-7-20)17-26(37)28(18(2)3)35-31(41)25-14-19(4)43-36-25/h6-11,14,18,21-22,24,28H,5,12-13,15-17H2,1-4H3,(H,33,39)(H,34,40)(H,35,41)/b11-10+/t21-,22+,24?,28-/m0/s1. The summed E-state index contributed by atoms with van der Waals surface area (Å²) in [6.45, 7) is 7.55. The molecule has 0 saturated carbocycles. The zero-order valence-corrected chi connectivity index (χ0v) is 24.9. The summed E-state index contributed by atoms with van der Waals surface area (Å²) in [6, 6.07) is 5.45. The third-order valence-electron chi connectivity index (χ3n) is 7.15. The first-order valence-corrected chi connectivity index (χ1v) is 14.4. The van der Waals surface area contributed by atoms with Crippen molar-refractivity contribution in [2.24, 2.45) is 17.8 Å². The van der Waals surface area contributed by atoms with E-state index in [0.29, 0.717) is 24.3 Å².